The van der Waals surface area contributed by atoms with Crippen molar-refractivity contribution in [3.8, 4) is 11.8 Å². The van der Waals surface area contributed by atoms with E-state index in [9.17, 15) is 9.18 Å². The molecule has 20 heavy (non-hydrogen) atoms. The second kappa shape index (κ2) is 6.41. The predicted octanol–water partition coefficient (Wildman–Crippen LogP) is 1.21. The number of carbonyl (C=O) groups excluding carboxylic acids is 1. The Morgan fingerprint density at radius 2 is 2.25 bits per heavy atom. The van der Waals surface area contributed by atoms with Gasteiger partial charge in [-0.2, -0.15) is 0 Å². The molecule has 0 unspecified atom stereocenters. The average molecular weight is 271 g/mol. The van der Waals surface area contributed by atoms with Gasteiger partial charge in [0.25, 0.3) is 5.91 Å². The van der Waals surface area contributed by atoms with Gasteiger partial charge in [-0.1, -0.05) is 11.8 Å². The fraction of sp³-hybridized carbons (Fsp3) is 0.0714. The lowest BCUT2D eigenvalue weighted by molar-refractivity contribution is 0.102. The van der Waals surface area contributed by atoms with E-state index in [-0.39, 0.29) is 18.0 Å². The highest BCUT2D eigenvalue weighted by atomic mass is 19.1. The summed E-state index contributed by atoms with van der Waals surface area (Å²) < 4.78 is 13.3. The van der Waals surface area contributed by atoms with E-state index in [2.05, 4.69) is 27.1 Å². The molecule has 0 aliphatic carbocycles. The van der Waals surface area contributed by atoms with Crippen LogP contribution >= 0.6 is 0 Å². The third-order valence-corrected chi connectivity index (χ3v) is 2.33. The number of amides is 1. The molecule has 5 nitrogen and oxygen atoms in total. The molecular weight excluding hydrogens is 261 g/mol. The summed E-state index contributed by atoms with van der Waals surface area (Å²) in [5.41, 5.74) is 0.387. The van der Waals surface area contributed by atoms with Crippen molar-refractivity contribution in [2.45, 2.75) is 0 Å². The second-order valence-corrected chi connectivity index (χ2v) is 3.69. The van der Waals surface area contributed by atoms with Gasteiger partial charge in [-0.25, -0.2) is 9.37 Å². The van der Waals surface area contributed by atoms with E-state index < -0.39 is 11.7 Å². The molecule has 0 saturated heterocycles. The lowest BCUT2D eigenvalue weighted by atomic mass is 10.1. The monoisotopic (exact) mass is 271 g/mol. The van der Waals surface area contributed by atoms with Crippen molar-refractivity contribution < 1.29 is 14.3 Å². The molecule has 1 aromatic carbocycles. The van der Waals surface area contributed by atoms with E-state index in [1.54, 1.807) is 0 Å². The summed E-state index contributed by atoms with van der Waals surface area (Å²) in [6.45, 7) is -0.345. The van der Waals surface area contributed by atoms with Crippen LogP contribution in [0.1, 0.15) is 15.9 Å². The van der Waals surface area contributed by atoms with Crippen molar-refractivity contribution in [3.05, 3.63) is 53.7 Å². The summed E-state index contributed by atoms with van der Waals surface area (Å²) in [4.78, 5) is 19.8. The summed E-state index contributed by atoms with van der Waals surface area (Å²) >= 11 is 0. The molecule has 0 saturated carbocycles. The quantitative estimate of drug-likeness (QED) is 0.805. The van der Waals surface area contributed by atoms with Crippen LogP contribution < -0.4 is 5.32 Å². The number of halogens is 1. The summed E-state index contributed by atoms with van der Waals surface area (Å²) in [7, 11) is 0. The number of hydrogen-bond donors (Lipinski definition) is 2. The fourth-order valence-corrected chi connectivity index (χ4v) is 1.50. The van der Waals surface area contributed by atoms with Gasteiger partial charge >= 0.3 is 0 Å². The number of nitrogens with one attached hydrogen (secondary N) is 1. The van der Waals surface area contributed by atoms with Crippen LogP contribution in [0.5, 0.6) is 0 Å². The largest absolute Gasteiger partial charge is 0.384 e. The van der Waals surface area contributed by atoms with Gasteiger partial charge in [-0.15, -0.1) is 0 Å². The molecule has 100 valence electrons. The molecule has 0 aliphatic heterocycles. The first kappa shape index (κ1) is 13.6. The molecule has 2 aromatic rings. The van der Waals surface area contributed by atoms with Crippen LogP contribution in [0.3, 0.4) is 0 Å². The van der Waals surface area contributed by atoms with Crippen molar-refractivity contribution in [1.82, 2.24) is 9.97 Å². The lowest BCUT2D eigenvalue weighted by Gasteiger charge is -2.06. The van der Waals surface area contributed by atoms with Crippen LogP contribution in [0.2, 0.25) is 0 Å². The molecule has 0 bridgehead atoms. The molecule has 0 spiro atoms. The van der Waals surface area contributed by atoms with Crippen molar-refractivity contribution >= 4 is 11.7 Å². The summed E-state index contributed by atoms with van der Waals surface area (Å²) in [5, 5.41) is 11.2. The molecule has 2 N–H and O–H groups in total. The standard InChI is InChI=1S/C14H10FN3O2/c15-11-4-3-10(2-1-7-19)12(8-11)14(20)18-13-9-16-5-6-17-13/h3-6,8-9,19H,7H2,(H,17,18,20). The van der Waals surface area contributed by atoms with Crippen LogP contribution in [-0.4, -0.2) is 27.6 Å². The van der Waals surface area contributed by atoms with Gasteiger partial charge in [0.05, 0.1) is 11.8 Å². The molecule has 1 heterocycles. The average Bonchev–Trinajstić information content (AvgIpc) is 2.47. The molecule has 1 aromatic heterocycles. The zero-order valence-corrected chi connectivity index (χ0v) is 10.3. The van der Waals surface area contributed by atoms with Crippen LogP contribution in [0, 0.1) is 17.7 Å². The lowest BCUT2D eigenvalue weighted by Crippen LogP contribution is -2.15. The highest BCUT2D eigenvalue weighted by molar-refractivity contribution is 6.05. The van der Waals surface area contributed by atoms with E-state index in [1.807, 2.05) is 0 Å². The normalized spacial score (nSPS) is 9.50. The third-order valence-electron chi connectivity index (χ3n) is 2.33. The molecule has 6 heteroatoms. The minimum atomic E-state index is -0.552. The predicted molar refractivity (Wildman–Crippen MR) is 70.3 cm³/mol. The number of aromatic nitrogens is 2. The number of nitrogens with zero attached hydrogens (tertiary/aromatic N) is 2. The maximum Gasteiger partial charge on any atom is 0.258 e. The first-order valence-electron chi connectivity index (χ1n) is 5.67. The van der Waals surface area contributed by atoms with Gasteiger partial charge < -0.3 is 10.4 Å². The fourth-order valence-electron chi connectivity index (χ4n) is 1.50. The second-order valence-electron chi connectivity index (χ2n) is 3.69. The van der Waals surface area contributed by atoms with E-state index in [4.69, 9.17) is 5.11 Å². The van der Waals surface area contributed by atoms with Gasteiger partial charge in [-0.3, -0.25) is 9.78 Å². The molecule has 2 rings (SSSR count). The number of benzene rings is 1. The smallest absolute Gasteiger partial charge is 0.258 e. The van der Waals surface area contributed by atoms with Gasteiger partial charge in [0.2, 0.25) is 0 Å². The number of rotatable bonds is 2. The Labute approximate surface area is 114 Å². The van der Waals surface area contributed by atoms with E-state index in [0.717, 1.165) is 6.07 Å². The van der Waals surface area contributed by atoms with Crippen LogP contribution in [-0.2, 0) is 0 Å². The van der Waals surface area contributed by atoms with Gasteiger partial charge in [0, 0.05) is 18.0 Å². The topological polar surface area (TPSA) is 75.1 Å². The zero-order chi connectivity index (χ0) is 14.4. The van der Waals surface area contributed by atoms with Crippen molar-refractivity contribution in [2.75, 3.05) is 11.9 Å². The van der Waals surface area contributed by atoms with Crippen LogP contribution in [0.25, 0.3) is 0 Å². The van der Waals surface area contributed by atoms with Crippen LogP contribution in [0.15, 0.2) is 36.8 Å². The van der Waals surface area contributed by atoms with E-state index in [0.29, 0.717) is 5.56 Å². The molecule has 0 atom stereocenters. The number of anilines is 1. The van der Waals surface area contributed by atoms with Gasteiger partial charge in [-0.05, 0) is 18.2 Å². The molecule has 0 aliphatic rings. The molecular formula is C14H10FN3O2. The highest BCUT2D eigenvalue weighted by Crippen LogP contribution is 2.12. The van der Waals surface area contributed by atoms with E-state index >= 15 is 0 Å². The Morgan fingerprint density at radius 3 is 2.95 bits per heavy atom. The Morgan fingerprint density at radius 1 is 1.40 bits per heavy atom. The molecule has 0 radical (unpaired) electrons. The maximum absolute atomic E-state index is 13.3. The minimum absolute atomic E-state index is 0.0663. The highest BCUT2D eigenvalue weighted by Gasteiger charge is 2.12. The number of hydrogen-bond acceptors (Lipinski definition) is 4. The Kier molecular flexibility index (Phi) is 4.37. The van der Waals surface area contributed by atoms with Gasteiger partial charge in [0.1, 0.15) is 12.4 Å². The number of carbonyl (C=O) groups is 1. The first-order valence-corrected chi connectivity index (χ1v) is 5.67. The Hall–Kier alpha value is -2.78. The molecule has 0 fully saturated rings. The van der Waals surface area contributed by atoms with Crippen molar-refractivity contribution in [1.29, 1.82) is 0 Å². The SMILES string of the molecule is O=C(Nc1cnccn1)c1cc(F)ccc1C#CCO. The summed E-state index contributed by atoms with van der Waals surface area (Å²) in [6, 6.07) is 3.65. The summed E-state index contributed by atoms with van der Waals surface area (Å²) in [5.74, 6) is 4.16. The maximum atomic E-state index is 13.3. The third kappa shape index (κ3) is 3.37. The number of aliphatic hydroxyl groups is 1. The first-order chi connectivity index (χ1) is 9.70. The van der Waals surface area contributed by atoms with E-state index in [1.165, 1.54) is 30.7 Å². The Balaban J connectivity index is 2.31. The number of aliphatic hydroxyl groups excluding tert-OH is 1. The zero-order valence-electron chi connectivity index (χ0n) is 10.3. The molecule has 1 amide bonds. The minimum Gasteiger partial charge on any atom is -0.384 e. The van der Waals surface area contributed by atoms with Crippen molar-refractivity contribution in [3.63, 3.8) is 0 Å². The van der Waals surface area contributed by atoms with Crippen molar-refractivity contribution in [2.24, 2.45) is 0 Å². The Bertz CT molecular complexity index is 678. The summed E-state index contributed by atoms with van der Waals surface area (Å²) in [6.07, 6.45) is 4.26. The van der Waals surface area contributed by atoms with Gasteiger partial charge in [0.15, 0.2) is 5.82 Å². The van der Waals surface area contributed by atoms with Crippen LogP contribution in [0.4, 0.5) is 10.2 Å².